The molecule has 0 radical (unpaired) electrons. The molecule has 0 amide bonds. The third-order valence-electron chi connectivity index (χ3n) is 2.75. The lowest BCUT2D eigenvalue weighted by molar-refractivity contribution is 0.652. The van der Waals surface area contributed by atoms with Gasteiger partial charge < -0.3 is 5.32 Å². The van der Waals surface area contributed by atoms with Gasteiger partial charge >= 0.3 is 0 Å². The van der Waals surface area contributed by atoms with Crippen molar-refractivity contribution in [2.75, 3.05) is 7.05 Å². The molecule has 84 valence electrons. The first-order valence-corrected chi connectivity index (χ1v) is 6.95. The molecule has 1 unspecified atom stereocenters. The zero-order chi connectivity index (χ0) is 11.5. The molecule has 0 aliphatic rings. The lowest BCUT2D eigenvalue weighted by Gasteiger charge is -2.11. The van der Waals surface area contributed by atoms with Gasteiger partial charge in [-0.3, -0.25) is 0 Å². The molecular weight excluding hydrogens is 282 g/mol. The summed E-state index contributed by atoms with van der Waals surface area (Å²) >= 11 is 5.29. The fourth-order valence-corrected chi connectivity index (χ4v) is 3.16. The summed E-state index contributed by atoms with van der Waals surface area (Å²) in [6, 6.07) is 9.05. The summed E-state index contributed by atoms with van der Waals surface area (Å²) in [5, 5.41) is 7.55. The van der Waals surface area contributed by atoms with Gasteiger partial charge in [0, 0.05) is 21.5 Å². The maximum atomic E-state index is 3.58. The van der Waals surface area contributed by atoms with Crippen LogP contribution in [0.15, 0.2) is 39.5 Å². The highest BCUT2D eigenvalue weighted by Gasteiger charge is 2.07. The van der Waals surface area contributed by atoms with E-state index in [0.717, 1.165) is 0 Å². The van der Waals surface area contributed by atoms with Crippen LogP contribution < -0.4 is 5.32 Å². The van der Waals surface area contributed by atoms with Crippen molar-refractivity contribution in [3.8, 4) is 11.1 Å². The fourth-order valence-electron chi connectivity index (χ4n) is 1.63. The van der Waals surface area contributed by atoms with Crippen LogP contribution in [-0.4, -0.2) is 7.05 Å². The summed E-state index contributed by atoms with van der Waals surface area (Å²) < 4.78 is 1.17. The minimum atomic E-state index is 0.386. The predicted molar refractivity (Wildman–Crippen MR) is 74.9 cm³/mol. The lowest BCUT2D eigenvalue weighted by atomic mass is 10.0. The topological polar surface area (TPSA) is 12.0 Å². The molecule has 3 heteroatoms. The largest absolute Gasteiger partial charge is 0.313 e. The van der Waals surface area contributed by atoms with Crippen LogP contribution in [0.3, 0.4) is 0 Å². The number of nitrogens with one attached hydrogen (secondary N) is 1. The molecule has 16 heavy (non-hydrogen) atoms. The Morgan fingerprint density at radius 2 is 2.12 bits per heavy atom. The zero-order valence-electron chi connectivity index (χ0n) is 9.33. The molecule has 1 N–H and O–H groups in total. The molecule has 0 saturated heterocycles. The Morgan fingerprint density at radius 3 is 2.75 bits per heavy atom. The molecule has 0 saturated carbocycles. The van der Waals surface area contributed by atoms with Crippen LogP contribution in [-0.2, 0) is 0 Å². The number of thiophene rings is 1. The molecule has 2 rings (SSSR count). The van der Waals surface area contributed by atoms with Crippen LogP contribution in [0.25, 0.3) is 11.1 Å². The first kappa shape index (κ1) is 11.8. The van der Waals surface area contributed by atoms with Crippen LogP contribution >= 0.6 is 27.3 Å². The number of rotatable bonds is 3. The Morgan fingerprint density at radius 1 is 1.31 bits per heavy atom. The van der Waals surface area contributed by atoms with E-state index in [-0.39, 0.29) is 0 Å². The quantitative estimate of drug-likeness (QED) is 0.882. The van der Waals surface area contributed by atoms with Gasteiger partial charge in [0.2, 0.25) is 0 Å². The van der Waals surface area contributed by atoms with Crippen LogP contribution in [0, 0.1) is 0 Å². The number of hydrogen-bond acceptors (Lipinski definition) is 2. The van der Waals surface area contributed by atoms with Gasteiger partial charge in [-0.1, -0.05) is 18.2 Å². The maximum Gasteiger partial charge on any atom is 0.0360 e. The molecule has 0 fully saturated rings. The second-order valence-electron chi connectivity index (χ2n) is 3.77. The molecule has 1 atom stereocenters. The first-order valence-electron chi connectivity index (χ1n) is 5.21. The molecule has 1 aromatic carbocycles. The summed E-state index contributed by atoms with van der Waals surface area (Å²) in [5.74, 6) is 0. The van der Waals surface area contributed by atoms with Gasteiger partial charge in [-0.2, -0.15) is 11.3 Å². The van der Waals surface area contributed by atoms with Crippen molar-refractivity contribution >= 4 is 27.3 Å². The van der Waals surface area contributed by atoms with Crippen molar-refractivity contribution in [3.63, 3.8) is 0 Å². The second-order valence-corrected chi connectivity index (χ2v) is 5.37. The Balaban J connectivity index is 2.40. The van der Waals surface area contributed by atoms with Gasteiger partial charge in [0.25, 0.3) is 0 Å². The maximum absolute atomic E-state index is 3.58. The second kappa shape index (κ2) is 5.13. The Kier molecular flexibility index (Phi) is 3.79. The smallest absolute Gasteiger partial charge is 0.0360 e. The minimum absolute atomic E-state index is 0.386. The third-order valence-corrected chi connectivity index (χ3v) is 4.45. The summed E-state index contributed by atoms with van der Waals surface area (Å²) in [6.45, 7) is 2.17. The zero-order valence-corrected chi connectivity index (χ0v) is 11.7. The van der Waals surface area contributed by atoms with Crippen molar-refractivity contribution in [3.05, 3.63) is 45.1 Å². The van der Waals surface area contributed by atoms with E-state index in [1.54, 1.807) is 11.3 Å². The van der Waals surface area contributed by atoms with Crippen molar-refractivity contribution < 1.29 is 0 Å². The number of halogens is 1. The van der Waals surface area contributed by atoms with E-state index < -0.39 is 0 Å². The monoisotopic (exact) mass is 295 g/mol. The number of benzene rings is 1. The average molecular weight is 296 g/mol. The standard InChI is InChI=1S/C13H14BrNS/c1-9(15-2)10-4-3-5-11(6-10)12-7-16-8-13(12)14/h3-9,15H,1-2H3. The Bertz CT molecular complexity index is 478. The minimum Gasteiger partial charge on any atom is -0.313 e. The van der Waals surface area contributed by atoms with E-state index in [9.17, 15) is 0 Å². The summed E-state index contributed by atoms with van der Waals surface area (Å²) in [7, 11) is 1.98. The van der Waals surface area contributed by atoms with Gasteiger partial charge in [-0.05, 0) is 52.5 Å². The molecular formula is C13H14BrNS. The van der Waals surface area contributed by atoms with Crippen LogP contribution in [0.1, 0.15) is 18.5 Å². The third kappa shape index (κ3) is 2.37. The normalized spacial score (nSPS) is 12.7. The molecule has 0 aliphatic heterocycles. The van der Waals surface area contributed by atoms with E-state index >= 15 is 0 Å². The van der Waals surface area contributed by atoms with Gasteiger partial charge in [0.1, 0.15) is 0 Å². The number of hydrogen-bond donors (Lipinski definition) is 1. The Hall–Kier alpha value is -0.640. The van der Waals surface area contributed by atoms with E-state index in [2.05, 4.69) is 63.2 Å². The molecule has 2 aromatic rings. The summed E-state index contributed by atoms with van der Waals surface area (Å²) in [4.78, 5) is 0. The van der Waals surface area contributed by atoms with E-state index in [0.29, 0.717) is 6.04 Å². The van der Waals surface area contributed by atoms with Gasteiger partial charge in [-0.25, -0.2) is 0 Å². The van der Waals surface area contributed by atoms with Crippen molar-refractivity contribution in [2.24, 2.45) is 0 Å². The van der Waals surface area contributed by atoms with E-state index in [1.165, 1.54) is 21.2 Å². The van der Waals surface area contributed by atoms with E-state index in [1.807, 2.05) is 7.05 Å². The van der Waals surface area contributed by atoms with Gasteiger partial charge in [0.15, 0.2) is 0 Å². The lowest BCUT2D eigenvalue weighted by Crippen LogP contribution is -2.12. The highest BCUT2D eigenvalue weighted by molar-refractivity contribution is 9.10. The highest BCUT2D eigenvalue weighted by Crippen LogP contribution is 2.32. The van der Waals surface area contributed by atoms with Crippen molar-refractivity contribution in [1.29, 1.82) is 0 Å². The average Bonchev–Trinajstić information content (AvgIpc) is 2.74. The first-order chi connectivity index (χ1) is 7.72. The molecule has 0 bridgehead atoms. The summed E-state index contributed by atoms with van der Waals surface area (Å²) in [5.41, 5.74) is 3.86. The van der Waals surface area contributed by atoms with Crippen molar-refractivity contribution in [2.45, 2.75) is 13.0 Å². The predicted octanol–water partition coefficient (Wildman–Crippen LogP) is 4.46. The fraction of sp³-hybridized carbons (Fsp3) is 0.231. The van der Waals surface area contributed by atoms with Crippen LogP contribution in [0.5, 0.6) is 0 Å². The SMILES string of the molecule is CNC(C)c1cccc(-c2cscc2Br)c1. The van der Waals surface area contributed by atoms with E-state index in [4.69, 9.17) is 0 Å². The summed E-state index contributed by atoms with van der Waals surface area (Å²) in [6.07, 6.45) is 0. The van der Waals surface area contributed by atoms with Crippen LogP contribution in [0.2, 0.25) is 0 Å². The van der Waals surface area contributed by atoms with Crippen LogP contribution in [0.4, 0.5) is 0 Å². The van der Waals surface area contributed by atoms with Gasteiger partial charge in [-0.15, -0.1) is 0 Å². The van der Waals surface area contributed by atoms with Gasteiger partial charge in [0.05, 0.1) is 0 Å². The molecule has 1 aromatic heterocycles. The van der Waals surface area contributed by atoms with Crippen molar-refractivity contribution in [1.82, 2.24) is 5.32 Å². The molecule has 0 spiro atoms. The highest BCUT2D eigenvalue weighted by atomic mass is 79.9. The molecule has 0 aliphatic carbocycles. The molecule has 1 heterocycles. The Labute approximate surface area is 109 Å². The molecule has 1 nitrogen and oxygen atoms in total.